The number of carboxylic acid groups (broad SMARTS) is 1. The van der Waals surface area contributed by atoms with E-state index in [9.17, 15) is 31.1 Å². The van der Waals surface area contributed by atoms with Crippen molar-refractivity contribution in [3.63, 3.8) is 0 Å². The van der Waals surface area contributed by atoms with Crippen molar-refractivity contribution in [1.29, 1.82) is 0 Å². The summed E-state index contributed by atoms with van der Waals surface area (Å²) >= 11 is 0. The van der Waals surface area contributed by atoms with Gasteiger partial charge in [-0.25, -0.2) is 0 Å². The molecule has 2 aromatic rings. The Hall–Kier alpha value is -2.55. The Labute approximate surface area is 168 Å². The summed E-state index contributed by atoms with van der Waals surface area (Å²) in [5.74, 6) is -1.79. The molecule has 1 saturated carbocycles. The summed E-state index contributed by atoms with van der Waals surface area (Å²) in [6.07, 6.45) is -11.3. The van der Waals surface area contributed by atoms with Gasteiger partial charge >= 0.3 is 18.3 Å². The molecule has 0 radical (unpaired) electrons. The molecule has 0 saturated heterocycles. The molecule has 162 valence electrons. The predicted molar refractivity (Wildman–Crippen MR) is 94.6 cm³/mol. The number of aliphatic carboxylic acids is 1. The van der Waals surface area contributed by atoms with Crippen LogP contribution in [0, 0.1) is 5.92 Å². The number of rotatable bonds is 6. The number of benzene rings is 2. The van der Waals surface area contributed by atoms with Crippen LogP contribution in [-0.4, -0.2) is 23.4 Å². The number of halogens is 6. The summed E-state index contributed by atoms with van der Waals surface area (Å²) in [6.45, 7) is 0.702. The van der Waals surface area contributed by atoms with E-state index in [1.54, 1.807) is 13.0 Å². The van der Waals surface area contributed by atoms with Crippen LogP contribution in [0.25, 0.3) is 0 Å². The predicted octanol–water partition coefficient (Wildman–Crippen LogP) is 5.59. The van der Waals surface area contributed by atoms with E-state index in [-0.39, 0.29) is 12.0 Å². The van der Waals surface area contributed by atoms with Gasteiger partial charge in [0.05, 0.1) is 12.5 Å². The zero-order chi connectivity index (χ0) is 22.4. The van der Waals surface area contributed by atoms with Gasteiger partial charge < -0.3 is 9.84 Å². The lowest BCUT2D eigenvalue weighted by atomic mass is 9.88. The molecule has 1 aliphatic carbocycles. The van der Waals surface area contributed by atoms with Crippen molar-refractivity contribution < 1.29 is 41.0 Å². The minimum Gasteiger partial charge on any atom is -0.481 e. The number of carbonyl (C=O) groups is 1. The second-order valence-corrected chi connectivity index (χ2v) is 7.54. The van der Waals surface area contributed by atoms with Crippen LogP contribution in [0.2, 0.25) is 0 Å². The Bertz CT molecular complexity index is 891. The molecule has 0 amide bonds. The fraction of sp³-hybridized carbons (Fsp3) is 0.381. The number of hydrogen-bond acceptors (Lipinski definition) is 2. The first-order valence-corrected chi connectivity index (χ1v) is 8.98. The third-order valence-electron chi connectivity index (χ3n) is 5.58. The maximum Gasteiger partial charge on any atom is 0.430 e. The number of alkyl halides is 6. The molecular formula is C21H18F6O3. The van der Waals surface area contributed by atoms with E-state index in [1.165, 1.54) is 24.3 Å². The smallest absolute Gasteiger partial charge is 0.430 e. The number of ether oxygens (including phenoxy) is 1. The lowest BCUT2D eigenvalue weighted by Crippen LogP contribution is -2.55. The molecule has 2 atom stereocenters. The first-order valence-electron chi connectivity index (χ1n) is 8.98. The number of hydrogen-bond donors (Lipinski definition) is 1. The van der Waals surface area contributed by atoms with Gasteiger partial charge in [-0.15, -0.1) is 0 Å². The minimum absolute atomic E-state index is 0.154. The molecule has 0 aromatic heterocycles. The van der Waals surface area contributed by atoms with Crippen LogP contribution in [0.4, 0.5) is 26.3 Å². The Morgan fingerprint density at radius 3 is 1.97 bits per heavy atom. The third kappa shape index (κ3) is 3.66. The molecule has 1 fully saturated rings. The van der Waals surface area contributed by atoms with Gasteiger partial charge in [0.25, 0.3) is 5.60 Å². The molecule has 1 aliphatic rings. The molecule has 0 spiro atoms. The van der Waals surface area contributed by atoms with Crippen molar-refractivity contribution in [1.82, 2.24) is 0 Å². The molecule has 0 heterocycles. The molecule has 3 rings (SSSR count). The maximum absolute atomic E-state index is 13.9. The monoisotopic (exact) mass is 432 g/mol. The third-order valence-corrected chi connectivity index (χ3v) is 5.58. The Kier molecular flexibility index (Phi) is 5.39. The van der Waals surface area contributed by atoms with E-state index >= 15 is 0 Å². The molecule has 3 nitrogen and oxygen atoms in total. The highest BCUT2D eigenvalue weighted by Crippen LogP contribution is 2.56. The van der Waals surface area contributed by atoms with Crippen LogP contribution in [0.5, 0.6) is 0 Å². The van der Waals surface area contributed by atoms with Gasteiger partial charge in [-0.05, 0) is 17.5 Å². The van der Waals surface area contributed by atoms with Crippen LogP contribution in [0.15, 0.2) is 54.6 Å². The molecule has 0 bridgehead atoms. The fourth-order valence-corrected chi connectivity index (χ4v) is 3.63. The van der Waals surface area contributed by atoms with E-state index in [4.69, 9.17) is 5.11 Å². The lowest BCUT2D eigenvalue weighted by Gasteiger charge is -2.37. The van der Waals surface area contributed by atoms with Gasteiger partial charge in [0.2, 0.25) is 0 Å². The van der Waals surface area contributed by atoms with Crippen LogP contribution in [0.3, 0.4) is 0 Å². The van der Waals surface area contributed by atoms with Gasteiger partial charge in [-0.1, -0.05) is 61.5 Å². The molecule has 2 unspecified atom stereocenters. The van der Waals surface area contributed by atoms with Gasteiger partial charge in [0, 0.05) is 11.0 Å². The highest BCUT2D eigenvalue weighted by atomic mass is 19.4. The molecular weight excluding hydrogens is 414 g/mol. The number of carboxylic acids is 1. The summed E-state index contributed by atoms with van der Waals surface area (Å²) in [5, 5.41) is 9.11. The van der Waals surface area contributed by atoms with E-state index < -0.39 is 47.4 Å². The second-order valence-electron chi connectivity index (χ2n) is 7.54. The van der Waals surface area contributed by atoms with E-state index in [2.05, 4.69) is 4.74 Å². The lowest BCUT2D eigenvalue weighted by molar-refractivity contribution is -0.392. The molecule has 1 N–H and O–H groups in total. The standard InChI is InChI=1S/C21H18F6O3/c1-18(11-16(18)17(28)29)14-7-9-15(10-8-14)19(20(22,23)24,21(25,26)27)30-12-13-5-3-2-4-6-13/h2-10,16H,11-12H2,1H3,(H,28,29). The van der Waals surface area contributed by atoms with Gasteiger partial charge in [0.1, 0.15) is 0 Å². The summed E-state index contributed by atoms with van der Waals surface area (Å²) in [4.78, 5) is 11.1. The minimum atomic E-state index is -5.78. The quantitative estimate of drug-likeness (QED) is 0.606. The average molecular weight is 432 g/mol. The summed E-state index contributed by atoms with van der Waals surface area (Å²) < 4.78 is 87.7. The van der Waals surface area contributed by atoms with Crippen molar-refractivity contribution in [2.75, 3.05) is 0 Å². The Morgan fingerprint density at radius 1 is 1.00 bits per heavy atom. The molecule has 9 heteroatoms. The zero-order valence-electron chi connectivity index (χ0n) is 15.7. The second kappa shape index (κ2) is 7.30. The van der Waals surface area contributed by atoms with Gasteiger partial charge in [-0.3, -0.25) is 4.79 Å². The fourth-order valence-electron chi connectivity index (χ4n) is 3.63. The first-order chi connectivity index (χ1) is 13.8. The van der Waals surface area contributed by atoms with Crippen LogP contribution in [0.1, 0.15) is 30.0 Å². The highest BCUT2D eigenvalue weighted by Gasteiger charge is 2.73. The van der Waals surface area contributed by atoms with E-state index in [1.807, 2.05) is 0 Å². The molecule has 30 heavy (non-hydrogen) atoms. The molecule has 0 aliphatic heterocycles. The SMILES string of the molecule is CC1(c2ccc(C(OCc3ccccc3)(C(F)(F)F)C(F)(F)F)cc2)CC1C(=O)O. The van der Waals surface area contributed by atoms with Crippen molar-refractivity contribution in [3.05, 3.63) is 71.3 Å². The van der Waals surface area contributed by atoms with Crippen molar-refractivity contribution in [2.24, 2.45) is 5.92 Å². The Balaban J connectivity index is 2.01. The zero-order valence-corrected chi connectivity index (χ0v) is 15.7. The summed E-state index contributed by atoms with van der Waals surface area (Å²) in [5.41, 5.74) is -5.94. The average Bonchev–Trinajstić information content (AvgIpc) is 3.35. The van der Waals surface area contributed by atoms with Crippen LogP contribution in [-0.2, 0) is 27.2 Å². The first kappa shape index (κ1) is 22.1. The van der Waals surface area contributed by atoms with E-state index in [0.717, 1.165) is 12.1 Å². The van der Waals surface area contributed by atoms with Crippen LogP contribution < -0.4 is 0 Å². The van der Waals surface area contributed by atoms with E-state index in [0.29, 0.717) is 17.7 Å². The van der Waals surface area contributed by atoms with Gasteiger partial charge in [-0.2, -0.15) is 26.3 Å². The topological polar surface area (TPSA) is 46.5 Å². The highest BCUT2D eigenvalue weighted by molar-refractivity contribution is 5.77. The summed E-state index contributed by atoms with van der Waals surface area (Å²) in [6, 6.07) is 10.9. The summed E-state index contributed by atoms with van der Waals surface area (Å²) in [7, 11) is 0. The van der Waals surface area contributed by atoms with Crippen molar-refractivity contribution >= 4 is 5.97 Å². The van der Waals surface area contributed by atoms with Crippen LogP contribution >= 0.6 is 0 Å². The molecule has 2 aromatic carbocycles. The normalized spacial score (nSPS) is 22.0. The Morgan fingerprint density at radius 2 is 1.53 bits per heavy atom. The van der Waals surface area contributed by atoms with Crippen molar-refractivity contribution in [3.8, 4) is 0 Å². The maximum atomic E-state index is 13.9. The van der Waals surface area contributed by atoms with Crippen molar-refractivity contribution in [2.45, 2.75) is 43.3 Å². The van der Waals surface area contributed by atoms with Gasteiger partial charge in [0.15, 0.2) is 0 Å². The largest absolute Gasteiger partial charge is 0.481 e.